The van der Waals surface area contributed by atoms with Crippen LogP contribution >= 0.6 is 11.3 Å². The smallest absolute Gasteiger partial charge is 0.245 e. The Balaban J connectivity index is 1.59. The number of rotatable bonds is 8. The molecule has 2 amide bonds. The van der Waals surface area contributed by atoms with Crippen molar-refractivity contribution >= 4 is 34.0 Å². The van der Waals surface area contributed by atoms with Gasteiger partial charge >= 0.3 is 0 Å². The fraction of sp³-hybridized carbons (Fsp3) is 0.250. The second-order valence-corrected chi connectivity index (χ2v) is 6.97. The topological polar surface area (TPSA) is 87.5 Å². The van der Waals surface area contributed by atoms with Gasteiger partial charge in [0.05, 0.1) is 13.1 Å². The monoisotopic (exact) mass is 398 g/mol. The fourth-order valence-corrected chi connectivity index (χ4v) is 3.34. The number of carbonyl (C=O) groups is 2. The van der Waals surface area contributed by atoms with Crippen molar-refractivity contribution in [1.82, 2.24) is 10.3 Å². The number of thiazole rings is 1. The van der Waals surface area contributed by atoms with Gasteiger partial charge in [-0.3, -0.25) is 9.59 Å². The molecule has 0 bridgehead atoms. The molecule has 1 aromatic carbocycles. The number of anilines is 2. The van der Waals surface area contributed by atoms with Gasteiger partial charge in [-0.2, -0.15) is 0 Å². The molecule has 0 radical (unpaired) electrons. The Kier molecular flexibility index (Phi) is 6.44. The number of aromatic nitrogens is 1. The van der Waals surface area contributed by atoms with Crippen molar-refractivity contribution in [2.24, 2.45) is 0 Å². The Labute approximate surface area is 167 Å². The van der Waals surface area contributed by atoms with Crippen molar-refractivity contribution in [2.75, 3.05) is 23.3 Å². The predicted octanol–water partition coefficient (Wildman–Crippen LogP) is 3.50. The zero-order valence-electron chi connectivity index (χ0n) is 15.8. The third kappa shape index (κ3) is 5.20. The number of furan rings is 1. The Morgan fingerprint density at radius 3 is 2.68 bits per heavy atom. The van der Waals surface area contributed by atoms with E-state index in [4.69, 9.17) is 4.42 Å². The molecule has 0 unspecified atom stereocenters. The van der Waals surface area contributed by atoms with Crippen molar-refractivity contribution in [1.29, 1.82) is 0 Å². The molecule has 0 spiro atoms. The molecular formula is C20H22N4O3S. The molecule has 0 atom stereocenters. The van der Waals surface area contributed by atoms with E-state index in [1.54, 1.807) is 12.1 Å². The molecule has 8 heteroatoms. The standard InChI is InChI=1S/C20H22N4O3S/c1-3-24(15-7-5-4-6-8-15)12-19(26)23-20-22-17(13-28-20)18-10-9-16(27-18)11-21-14(2)25/h4-10,13H,3,11-12H2,1-2H3,(H,21,25)(H,22,23,26). The molecule has 3 aromatic rings. The number of hydrogen-bond acceptors (Lipinski definition) is 6. The average molecular weight is 398 g/mol. The second kappa shape index (κ2) is 9.18. The van der Waals surface area contributed by atoms with Gasteiger partial charge in [-0.05, 0) is 31.2 Å². The van der Waals surface area contributed by atoms with Gasteiger partial charge in [-0.25, -0.2) is 4.98 Å². The van der Waals surface area contributed by atoms with E-state index in [2.05, 4.69) is 15.6 Å². The van der Waals surface area contributed by atoms with Crippen LogP contribution in [0.5, 0.6) is 0 Å². The zero-order chi connectivity index (χ0) is 19.9. The zero-order valence-corrected chi connectivity index (χ0v) is 16.6. The lowest BCUT2D eigenvalue weighted by Gasteiger charge is -2.21. The van der Waals surface area contributed by atoms with Crippen LogP contribution in [0.2, 0.25) is 0 Å². The lowest BCUT2D eigenvalue weighted by molar-refractivity contribution is -0.119. The minimum absolute atomic E-state index is 0.117. The summed E-state index contributed by atoms with van der Waals surface area (Å²) in [7, 11) is 0. The van der Waals surface area contributed by atoms with Crippen LogP contribution in [0, 0.1) is 0 Å². The van der Waals surface area contributed by atoms with Crippen LogP contribution < -0.4 is 15.5 Å². The molecule has 28 heavy (non-hydrogen) atoms. The summed E-state index contributed by atoms with van der Waals surface area (Å²) in [5, 5.41) is 7.87. The van der Waals surface area contributed by atoms with Crippen LogP contribution in [0.3, 0.4) is 0 Å². The van der Waals surface area contributed by atoms with Gasteiger partial charge in [0.1, 0.15) is 11.5 Å². The van der Waals surface area contributed by atoms with Crippen LogP contribution in [0.15, 0.2) is 52.3 Å². The Bertz CT molecular complexity index is 936. The highest BCUT2D eigenvalue weighted by molar-refractivity contribution is 7.14. The van der Waals surface area contributed by atoms with Gasteiger partial charge in [0.2, 0.25) is 11.8 Å². The minimum atomic E-state index is -0.127. The quantitative estimate of drug-likeness (QED) is 0.606. The van der Waals surface area contributed by atoms with Crippen LogP contribution in [0.25, 0.3) is 11.5 Å². The molecule has 146 valence electrons. The van der Waals surface area contributed by atoms with Gasteiger partial charge in [0.15, 0.2) is 10.9 Å². The molecule has 2 heterocycles. The van der Waals surface area contributed by atoms with E-state index in [0.29, 0.717) is 28.9 Å². The van der Waals surface area contributed by atoms with Gasteiger partial charge < -0.3 is 20.0 Å². The summed E-state index contributed by atoms with van der Waals surface area (Å²) in [5.41, 5.74) is 1.65. The second-order valence-electron chi connectivity index (χ2n) is 6.11. The predicted molar refractivity (Wildman–Crippen MR) is 110 cm³/mol. The highest BCUT2D eigenvalue weighted by Crippen LogP contribution is 2.26. The minimum Gasteiger partial charge on any atom is -0.458 e. The van der Waals surface area contributed by atoms with Crippen LogP contribution in [0.1, 0.15) is 19.6 Å². The summed E-state index contributed by atoms with van der Waals surface area (Å²) in [5.74, 6) is 0.993. The number of carbonyl (C=O) groups excluding carboxylic acids is 2. The van der Waals surface area contributed by atoms with E-state index < -0.39 is 0 Å². The van der Waals surface area contributed by atoms with Crippen molar-refractivity contribution in [3.05, 3.63) is 53.6 Å². The first-order valence-electron chi connectivity index (χ1n) is 8.94. The molecule has 0 aliphatic heterocycles. The van der Waals surface area contributed by atoms with Crippen molar-refractivity contribution in [3.63, 3.8) is 0 Å². The van der Waals surface area contributed by atoms with Gasteiger partial charge in [0.25, 0.3) is 0 Å². The molecule has 2 aromatic heterocycles. The van der Waals surface area contributed by atoms with Crippen LogP contribution in [-0.2, 0) is 16.1 Å². The molecule has 7 nitrogen and oxygen atoms in total. The number of likely N-dealkylation sites (N-methyl/N-ethyl adjacent to an activating group) is 1. The Morgan fingerprint density at radius 1 is 1.18 bits per heavy atom. The van der Waals surface area contributed by atoms with E-state index in [9.17, 15) is 9.59 Å². The first-order valence-corrected chi connectivity index (χ1v) is 9.82. The SMILES string of the molecule is CCN(CC(=O)Nc1nc(-c2ccc(CNC(C)=O)o2)cs1)c1ccccc1. The van der Waals surface area contributed by atoms with E-state index >= 15 is 0 Å². The van der Waals surface area contributed by atoms with Crippen molar-refractivity contribution in [2.45, 2.75) is 20.4 Å². The Hall–Kier alpha value is -3.13. The fourth-order valence-electron chi connectivity index (χ4n) is 2.62. The summed E-state index contributed by atoms with van der Waals surface area (Å²) < 4.78 is 5.69. The third-order valence-corrected chi connectivity index (χ3v) is 4.77. The molecule has 2 N–H and O–H groups in total. The van der Waals surface area contributed by atoms with Gasteiger partial charge in [-0.15, -0.1) is 11.3 Å². The van der Waals surface area contributed by atoms with Crippen LogP contribution in [0.4, 0.5) is 10.8 Å². The number of para-hydroxylation sites is 1. The number of hydrogen-bond donors (Lipinski definition) is 2. The third-order valence-electron chi connectivity index (χ3n) is 4.01. The number of amides is 2. The number of benzene rings is 1. The summed E-state index contributed by atoms with van der Waals surface area (Å²) in [4.78, 5) is 29.8. The summed E-state index contributed by atoms with van der Waals surface area (Å²) >= 11 is 1.34. The normalized spacial score (nSPS) is 10.5. The van der Waals surface area contributed by atoms with Crippen LogP contribution in [-0.4, -0.2) is 29.9 Å². The first-order chi connectivity index (χ1) is 13.5. The largest absolute Gasteiger partial charge is 0.458 e. The maximum Gasteiger partial charge on any atom is 0.245 e. The highest BCUT2D eigenvalue weighted by Gasteiger charge is 2.14. The number of nitrogens with one attached hydrogen (secondary N) is 2. The maximum absolute atomic E-state index is 12.4. The van der Waals surface area contributed by atoms with Gasteiger partial charge in [-0.1, -0.05) is 18.2 Å². The molecular weight excluding hydrogens is 376 g/mol. The molecule has 0 aliphatic carbocycles. The van der Waals surface area contributed by atoms with E-state index in [1.165, 1.54) is 18.3 Å². The Morgan fingerprint density at radius 2 is 1.96 bits per heavy atom. The van der Waals surface area contributed by atoms with Gasteiger partial charge in [0, 0.05) is 24.5 Å². The number of nitrogens with zero attached hydrogens (tertiary/aromatic N) is 2. The summed E-state index contributed by atoms with van der Waals surface area (Å²) in [6.07, 6.45) is 0. The van der Waals surface area contributed by atoms with E-state index in [1.807, 2.05) is 47.5 Å². The molecule has 0 saturated heterocycles. The molecule has 3 rings (SSSR count). The molecule has 0 aliphatic rings. The van der Waals surface area contributed by atoms with Crippen molar-refractivity contribution < 1.29 is 14.0 Å². The average Bonchev–Trinajstić information content (AvgIpc) is 3.34. The maximum atomic E-state index is 12.4. The molecule has 0 saturated carbocycles. The van der Waals surface area contributed by atoms with E-state index in [0.717, 1.165) is 12.2 Å². The summed E-state index contributed by atoms with van der Waals surface area (Å²) in [6.45, 7) is 4.77. The first kappa shape index (κ1) is 19.6. The highest BCUT2D eigenvalue weighted by atomic mass is 32.1. The molecule has 0 fully saturated rings. The van der Waals surface area contributed by atoms with Crippen molar-refractivity contribution in [3.8, 4) is 11.5 Å². The van der Waals surface area contributed by atoms with E-state index in [-0.39, 0.29) is 18.4 Å². The summed E-state index contributed by atoms with van der Waals surface area (Å²) in [6, 6.07) is 13.4. The lowest BCUT2D eigenvalue weighted by atomic mass is 10.3. The lowest BCUT2D eigenvalue weighted by Crippen LogP contribution is -2.33.